The number of pyridine rings is 1. The molecular formula is C28H39N3O3. The van der Waals surface area contributed by atoms with Gasteiger partial charge in [-0.15, -0.1) is 0 Å². The molecule has 4 aliphatic carbocycles. The van der Waals surface area contributed by atoms with Crippen LogP contribution in [0, 0.1) is 28.6 Å². The van der Waals surface area contributed by atoms with E-state index < -0.39 is 5.60 Å². The summed E-state index contributed by atoms with van der Waals surface area (Å²) in [6.45, 7) is 7.29. The number of fused-ring (bicyclic) bond motifs is 5. The van der Waals surface area contributed by atoms with Crippen LogP contribution in [0.1, 0.15) is 77.7 Å². The maximum absolute atomic E-state index is 12.1. The predicted octanol–water partition coefficient (Wildman–Crippen LogP) is 4.78. The highest BCUT2D eigenvalue weighted by molar-refractivity contribution is 5.96. The van der Waals surface area contributed by atoms with Crippen molar-refractivity contribution in [2.45, 2.75) is 84.3 Å². The van der Waals surface area contributed by atoms with Crippen molar-refractivity contribution in [1.29, 1.82) is 0 Å². The molecular weight excluding hydrogens is 426 g/mol. The first-order chi connectivity index (χ1) is 16.2. The molecule has 34 heavy (non-hydrogen) atoms. The van der Waals surface area contributed by atoms with E-state index in [0.29, 0.717) is 24.3 Å². The van der Waals surface area contributed by atoms with E-state index in [4.69, 9.17) is 4.84 Å². The largest absolute Gasteiger partial charge is 0.390 e. The molecule has 6 atom stereocenters. The molecule has 1 aromatic heterocycles. The minimum Gasteiger partial charge on any atom is -0.390 e. The Kier molecular flexibility index (Phi) is 6.07. The lowest BCUT2D eigenvalue weighted by molar-refractivity contribution is -0.125. The maximum atomic E-state index is 12.1. The summed E-state index contributed by atoms with van der Waals surface area (Å²) >= 11 is 0. The summed E-state index contributed by atoms with van der Waals surface area (Å²) in [6, 6.07) is 3.76. The molecule has 0 unspecified atom stereocenters. The smallest absolute Gasteiger partial charge is 0.261 e. The SMILES string of the molecule is C[C@]12CCC(=NOCC(=O)NCc3ccncc3)C=C1CC[C@H]1[C@@H]2CC[C@]2(C)[C@H]1CC[C@]2(C)O. The van der Waals surface area contributed by atoms with Gasteiger partial charge in [0.2, 0.25) is 0 Å². The monoisotopic (exact) mass is 465 g/mol. The topological polar surface area (TPSA) is 83.8 Å². The molecule has 0 aromatic carbocycles. The van der Waals surface area contributed by atoms with E-state index in [0.717, 1.165) is 43.4 Å². The van der Waals surface area contributed by atoms with E-state index in [2.05, 4.69) is 42.3 Å². The number of rotatable bonds is 5. The summed E-state index contributed by atoms with van der Waals surface area (Å²) in [4.78, 5) is 21.5. The van der Waals surface area contributed by atoms with E-state index in [9.17, 15) is 9.90 Å². The van der Waals surface area contributed by atoms with Crippen LogP contribution < -0.4 is 5.32 Å². The third-order valence-electron chi connectivity index (χ3n) is 10.2. The highest BCUT2D eigenvalue weighted by Gasteiger charge is 2.62. The second kappa shape index (κ2) is 8.78. The first-order valence-electron chi connectivity index (χ1n) is 13.0. The number of carbonyl (C=O) groups excluding carboxylic acids is 1. The van der Waals surface area contributed by atoms with Crippen LogP contribution in [0.3, 0.4) is 0 Å². The molecule has 0 saturated heterocycles. The Morgan fingerprint density at radius 2 is 1.88 bits per heavy atom. The Labute approximate surface area is 203 Å². The number of oxime groups is 1. The molecule has 6 nitrogen and oxygen atoms in total. The fourth-order valence-corrected chi connectivity index (χ4v) is 7.81. The summed E-state index contributed by atoms with van der Waals surface area (Å²) in [5.41, 5.74) is 3.24. The van der Waals surface area contributed by atoms with Crippen molar-refractivity contribution >= 4 is 11.6 Å². The number of allylic oxidation sites excluding steroid dienone is 2. The lowest BCUT2D eigenvalue weighted by Crippen LogP contribution is -2.53. The van der Waals surface area contributed by atoms with Gasteiger partial charge in [-0.05, 0) is 111 Å². The molecule has 0 spiro atoms. The highest BCUT2D eigenvalue weighted by atomic mass is 16.6. The number of amides is 1. The third-order valence-corrected chi connectivity index (χ3v) is 10.2. The van der Waals surface area contributed by atoms with Crippen molar-refractivity contribution in [3.63, 3.8) is 0 Å². The number of nitrogens with zero attached hydrogens (tertiary/aromatic N) is 2. The van der Waals surface area contributed by atoms with Crippen molar-refractivity contribution < 1.29 is 14.7 Å². The van der Waals surface area contributed by atoms with Crippen LogP contribution >= 0.6 is 0 Å². The Hall–Kier alpha value is -2.21. The first kappa shape index (κ1) is 23.5. The quantitative estimate of drug-likeness (QED) is 0.613. The molecule has 0 aliphatic heterocycles. The highest BCUT2D eigenvalue weighted by Crippen LogP contribution is 2.67. The van der Waals surface area contributed by atoms with Crippen LogP contribution in [0.2, 0.25) is 0 Å². The average Bonchev–Trinajstić information content (AvgIpc) is 3.07. The molecule has 1 heterocycles. The van der Waals surface area contributed by atoms with E-state index in [-0.39, 0.29) is 23.3 Å². The van der Waals surface area contributed by atoms with E-state index in [1.54, 1.807) is 12.4 Å². The molecule has 1 aromatic rings. The van der Waals surface area contributed by atoms with Gasteiger partial charge in [0.1, 0.15) is 0 Å². The molecule has 0 bridgehead atoms. The molecule has 3 saturated carbocycles. The molecule has 5 rings (SSSR count). The maximum Gasteiger partial charge on any atom is 0.261 e. The zero-order valence-electron chi connectivity index (χ0n) is 20.8. The number of aliphatic hydroxyl groups is 1. The molecule has 0 radical (unpaired) electrons. The van der Waals surface area contributed by atoms with Gasteiger partial charge in [0.25, 0.3) is 5.91 Å². The summed E-state index contributed by atoms with van der Waals surface area (Å²) in [5.74, 6) is 1.88. The van der Waals surface area contributed by atoms with Gasteiger partial charge in [0.05, 0.1) is 11.3 Å². The standard InChI is InChI=1S/C28H39N3O3/c1-26-11-6-21(31-34-18-25(32)30-17-19-9-14-29-15-10-19)16-20(26)4-5-22-23(26)7-12-27(2)24(22)8-13-28(27,3)33/h9-10,14-16,22-24,33H,4-8,11-13,17-18H2,1-3H3,(H,30,32)/t22-,23-,24-,26-,27+,28-/m0/s1. The van der Waals surface area contributed by atoms with Crippen LogP contribution in [0.4, 0.5) is 0 Å². The minimum absolute atomic E-state index is 0.0683. The first-order valence-corrected chi connectivity index (χ1v) is 13.0. The van der Waals surface area contributed by atoms with Crippen LogP contribution in [-0.4, -0.2) is 33.9 Å². The van der Waals surface area contributed by atoms with Crippen molar-refractivity contribution in [2.75, 3.05) is 6.61 Å². The lowest BCUT2D eigenvalue weighted by Gasteiger charge is -2.59. The van der Waals surface area contributed by atoms with Crippen molar-refractivity contribution in [3.8, 4) is 0 Å². The van der Waals surface area contributed by atoms with Gasteiger partial charge >= 0.3 is 0 Å². The van der Waals surface area contributed by atoms with Gasteiger partial charge in [-0.1, -0.05) is 24.6 Å². The fraction of sp³-hybridized carbons (Fsp3) is 0.679. The van der Waals surface area contributed by atoms with E-state index in [1.807, 2.05) is 12.1 Å². The normalized spacial score (nSPS) is 40.1. The molecule has 2 N–H and O–H groups in total. The molecule has 3 fully saturated rings. The number of hydrogen-bond acceptors (Lipinski definition) is 5. The second-order valence-corrected chi connectivity index (χ2v) is 11.8. The van der Waals surface area contributed by atoms with Gasteiger partial charge in [-0.3, -0.25) is 9.78 Å². The van der Waals surface area contributed by atoms with Crippen LogP contribution in [0.5, 0.6) is 0 Å². The summed E-state index contributed by atoms with van der Waals surface area (Å²) in [5, 5.41) is 18.3. The Balaban J connectivity index is 1.20. The number of carbonyl (C=O) groups is 1. The summed E-state index contributed by atoms with van der Waals surface area (Å²) < 4.78 is 0. The van der Waals surface area contributed by atoms with Gasteiger partial charge < -0.3 is 15.3 Å². The van der Waals surface area contributed by atoms with Crippen molar-refractivity contribution in [1.82, 2.24) is 10.3 Å². The Bertz CT molecular complexity index is 988. The molecule has 1 amide bonds. The van der Waals surface area contributed by atoms with Crippen LogP contribution in [-0.2, 0) is 16.2 Å². The molecule has 4 aliphatic rings. The van der Waals surface area contributed by atoms with Gasteiger partial charge in [0, 0.05) is 18.9 Å². The number of nitrogens with one attached hydrogen (secondary N) is 1. The van der Waals surface area contributed by atoms with Crippen molar-refractivity contribution in [2.24, 2.45) is 33.7 Å². The Morgan fingerprint density at radius 3 is 2.68 bits per heavy atom. The fourth-order valence-electron chi connectivity index (χ4n) is 7.81. The number of hydrogen-bond donors (Lipinski definition) is 2. The van der Waals surface area contributed by atoms with E-state index in [1.165, 1.54) is 24.8 Å². The zero-order chi connectivity index (χ0) is 24.0. The zero-order valence-corrected chi connectivity index (χ0v) is 20.8. The average molecular weight is 466 g/mol. The predicted molar refractivity (Wildman–Crippen MR) is 132 cm³/mol. The second-order valence-electron chi connectivity index (χ2n) is 11.8. The Morgan fingerprint density at radius 1 is 1.12 bits per heavy atom. The third kappa shape index (κ3) is 3.98. The van der Waals surface area contributed by atoms with Crippen LogP contribution in [0.25, 0.3) is 0 Å². The van der Waals surface area contributed by atoms with Crippen LogP contribution in [0.15, 0.2) is 41.3 Å². The summed E-state index contributed by atoms with van der Waals surface area (Å²) in [6.07, 6.45) is 14.5. The van der Waals surface area contributed by atoms with Crippen molar-refractivity contribution in [3.05, 3.63) is 41.7 Å². The summed E-state index contributed by atoms with van der Waals surface area (Å²) in [7, 11) is 0. The van der Waals surface area contributed by atoms with E-state index >= 15 is 0 Å². The van der Waals surface area contributed by atoms with Gasteiger partial charge in [0.15, 0.2) is 6.61 Å². The molecule has 6 heteroatoms. The lowest BCUT2D eigenvalue weighted by atomic mass is 9.46. The van der Waals surface area contributed by atoms with Gasteiger partial charge in [-0.25, -0.2) is 0 Å². The minimum atomic E-state index is -0.520. The van der Waals surface area contributed by atoms with Gasteiger partial charge in [-0.2, -0.15) is 0 Å². The molecule has 184 valence electrons. The number of aromatic nitrogens is 1.